The molecule has 2 aromatic rings. The number of hydrogen-bond donors (Lipinski definition) is 1. The normalized spacial score (nSPS) is 20.7. The summed E-state index contributed by atoms with van der Waals surface area (Å²) in [6.07, 6.45) is 5.44. The maximum Gasteiger partial charge on any atom is 0.257 e. The molecule has 208 valence electrons. The molecule has 1 fully saturated rings. The highest BCUT2D eigenvalue weighted by Gasteiger charge is 2.33. The molecule has 1 aromatic carbocycles. The van der Waals surface area contributed by atoms with Gasteiger partial charge in [0, 0.05) is 43.8 Å². The number of ether oxygens (including phenoxy) is 1. The van der Waals surface area contributed by atoms with Gasteiger partial charge in [0.15, 0.2) is 5.13 Å². The monoisotopic (exact) mass is 570 g/mol. The highest BCUT2D eigenvalue weighted by atomic mass is 32.2. The quantitative estimate of drug-likeness (QED) is 0.482. The first-order chi connectivity index (χ1) is 18.7. The molecule has 10 nitrogen and oxygen atoms in total. The number of aromatic nitrogens is 1. The van der Waals surface area contributed by atoms with Crippen LogP contribution in [0.15, 0.2) is 45.2 Å². The van der Waals surface area contributed by atoms with E-state index in [0.717, 1.165) is 21.1 Å². The molecule has 0 spiro atoms. The largest absolute Gasteiger partial charge is 0.496 e. The van der Waals surface area contributed by atoms with Gasteiger partial charge in [-0.15, -0.1) is 0 Å². The van der Waals surface area contributed by atoms with Gasteiger partial charge in [0.1, 0.15) is 5.75 Å². The van der Waals surface area contributed by atoms with Gasteiger partial charge in [-0.1, -0.05) is 36.6 Å². The average molecular weight is 571 g/mol. The van der Waals surface area contributed by atoms with E-state index in [1.54, 1.807) is 34.3 Å². The van der Waals surface area contributed by atoms with Gasteiger partial charge in [0.25, 0.3) is 5.91 Å². The zero-order chi connectivity index (χ0) is 28.3. The number of carbonyl (C=O) groups excluding carboxylic acids is 3. The number of nitrogens with zero attached hydrogens (tertiary/aromatic N) is 5. The predicted octanol–water partition coefficient (Wildman–Crippen LogP) is 3.73. The predicted molar refractivity (Wildman–Crippen MR) is 154 cm³/mol. The van der Waals surface area contributed by atoms with Crippen molar-refractivity contribution in [3.8, 4) is 5.75 Å². The first-order valence-corrected chi connectivity index (χ1v) is 14.4. The van der Waals surface area contributed by atoms with E-state index in [1.165, 1.54) is 29.2 Å². The fourth-order valence-corrected chi connectivity index (χ4v) is 6.61. The van der Waals surface area contributed by atoms with Crippen molar-refractivity contribution in [2.45, 2.75) is 48.4 Å². The second-order valence-electron chi connectivity index (χ2n) is 9.55. The number of hydrogen-bond acceptors (Lipinski definition) is 9. The molecule has 4 rings (SSSR count). The molecular formula is C27H34N6O4S2. The summed E-state index contributed by atoms with van der Waals surface area (Å²) < 4.78 is 6.46. The molecule has 12 heteroatoms. The number of methoxy groups -OCH3 is 1. The van der Waals surface area contributed by atoms with Crippen LogP contribution in [0.1, 0.15) is 36.2 Å². The highest BCUT2D eigenvalue weighted by molar-refractivity contribution is 8.01. The lowest BCUT2D eigenvalue weighted by molar-refractivity contribution is -0.130. The third-order valence-corrected chi connectivity index (χ3v) is 9.35. The Bertz CT molecular complexity index is 1300. The summed E-state index contributed by atoms with van der Waals surface area (Å²) in [5.74, 6) is -0.216. The Labute approximate surface area is 237 Å². The van der Waals surface area contributed by atoms with Crippen molar-refractivity contribution >= 4 is 52.2 Å². The van der Waals surface area contributed by atoms with Crippen molar-refractivity contribution in [1.29, 1.82) is 0 Å². The van der Waals surface area contributed by atoms with E-state index in [-0.39, 0.29) is 35.7 Å². The first-order valence-electron chi connectivity index (χ1n) is 12.8. The number of amides is 3. The van der Waals surface area contributed by atoms with Gasteiger partial charge >= 0.3 is 0 Å². The lowest BCUT2D eigenvalue weighted by Gasteiger charge is -2.41. The first kappa shape index (κ1) is 28.6. The van der Waals surface area contributed by atoms with Crippen molar-refractivity contribution < 1.29 is 19.1 Å². The van der Waals surface area contributed by atoms with Crippen LogP contribution in [-0.4, -0.2) is 89.6 Å². The Morgan fingerprint density at radius 1 is 1.31 bits per heavy atom. The van der Waals surface area contributed by atoms with E-state index in [2.05, 4.69) is 22.0 Å². The Morgan fingerprint density at radius 3 is 2.72 bits per heavy atom. The molecule has 0 saturated carbocycles. The number of rotatable bonds is 8. The van der Waals surface area contributed by atoms with Gasteiger partial charge in [-0.05, 0) is 44.0 Å². The number of hydrazone groups is 1. The summed E-state index contributed by atoms with van der Waals surface area (Å²) in [5.41, 5.74) is 1.43. The standard InChI is InChI=1S/C27H34N6O4S2/c1-7-18-15-32(9-10-33(18)23(34)8-2)26(36)19-12-22(16(3)11-21(19)37-6)38-24-14-28-27(39-24)30-25(35)20-13-29-31(5)17(20)4/h8,11-14,17-18,20H,2,7,9-10,15H2,1,3-6H3,(H,28,30,35)/t17?,18-,20?/m1/s1. The van der Waals surface area contributed by atoms with E-state index in [0.29, 0.717) is 36.1 Å². The fraction of sp³-hybridized carbons (Fsp3) is 0.444. The third kappa shape index (κ3) is 6.11. The SMILES string of the molecule is C=CC(=O)N1CCN(C(=O)c2cc(Sc3cnc(NC(=O)C4C=NN(C)C4C)s3)c(C)cc2OC)C[C@H]1CC. The third-order valence-electron chi connectivity index (χ3n) is 7.17. The molecule has 3 heterocycles. The minimum Gasteiger partial charge on any atom is -0.496 e. The molecule has 0 bridgehead atoms. The molecule has 0 radical (unpaired) electrons. The number of benzene rings is 1. The van der Waals surface area contributed by atoms with E-state index in [1.807, 2.05) is 40.0 Å². The van der Waals surface area contributed by atoms with Crippen molar-refractivity contribution in [2.24, 2.45) is 11.0 Å². The van der Waals surface area contributed by atoms with E-state index in [4.69, 9.17) is 4.74 Å². The van der Waals surface area contributed by atoms with Gasteiger partial charge in [-0.25, -0.2) is 4.98 Å². The van der Waals surface area contributed by atoms with E-state index < -0.39 is 0 Å². The number of piperazine rings is 1. The fourth-order valence-electron chi connectivity index (χ4n) is 4.66. The number of anilines is 1. The lowest BCUT2D eigenvalue weighted by atomic mass is 10.0. The van der Waals surface area contributed by atoms with Crippen molar-refractivity contribution in [3.05, 3.63) is 42.1 Å². The van der Waals surface area contributed by atoms with Crippen LogP contribution in [0.4, 0.5) is 5.13 Å². The number of aryl methyl sites for hydroxylation is 1. The minimum absolute atomic E-state index is 0.0187. The molecule has 1 aromatic heterocycles. The van der Waals surface area contributed by atoms with Gasteiger partial charge in [0.05, 0.1) is 35.0 Å². The molecule has 1 saturated heterocycles. The second kappa shape index (κ2) is 12.2. The average Bonchev–Trinajstić information content (AvgIpc) is 3.53. The van der Waals surface area contributed by atoms with Gasteiger partial charge in [-0.3, -0.25) is 19.4 Å². The summed E-state index contributed by atoms with van der Waals surface area (Å²) >= 11 is 2.86. The van der Waals surface area contributed by atoms with Crippen molar-refractivity contribution in [3.63, 3.8) is 0 Å². The summed E-state index contributed by atoms with van der Waals surface area (Å²) in [6.45, 7) is 10.9. The maximum absolute atomic E-state index is 13.6. The van der Waals surface area contributed by atoms with Gasteiger partial charge < -0.3 is 19.9 Å². The Kier molecular flexibility index (Phi) is 8.96. The van der Waals surface area contributed by atoms with Crippen molar-refractivity contribution in [1.82, 2.24) is 19.8 Å². The second-order valence-corrected chi connectivity index (χ2v) is 11.9. The van der Waals surface area contributed by atoms with Crippen LogP contribution in [-0.2, 0) is 9.59 Å². The van der Waals surface area contributed by atoms with E-state index in [9.17, 15) is 14.4 Å². The molecule has 2 unspecified atom stereocenters. The molecule has 3 amide bonds. The van der Waals surface area contributed by atoms with Crippen molar-refractivity contribution in [2.75, 3.05) is 39.1 Å². The minimum atomic E-state index is -0.337. The molecular weight excluding hydrogens is 536 g/mol. The van der Waals surface area contributed by atoms with Gasteiger partial charge in [-0.2, -0.15) is 5.10 Å². The number of thiazole rings is 1. The molecule has 0 aliphatic carbocycles. The zero-order valence-corrected chi connectivity index (χ0v) is 24.5. The molecule has 3 atom stereocenters. The number of nitrogens with one attached hydrogen (secondary N) is 1. The lowest BCUT2D eigenvalue weighted by Crippen LogP contribution is -2.56. The van der Waals surface area contributed by atoms with Crippen LogP contribution in [0.25, 0.3) is 0 Å². The van der Waals surface area contributed by atoms with E-state index >= 15 is 0 Å². The van der Waals surface area contributed by atoms with Crippen LogP contribution >= 0.6 is 23.1 Å². The highest BCUT2D eigenvalue weighted by Crippen LogP contribution is 2.39. The summed E-state index contributed by atoms with van der Waals surface area (Å²) in [6, 6.07) is 3.64. The topological polar surface area (TPSA) is 107 Å². The Morgan fingerprint density at radius 2 is 2.08 bits per heavy atom. The van der Waals surface area contributed by atoms with Crippen LogP contribution < -0.4 is 10.1 Å². The zero-order valence-electron chi connectivity index (χ0n) is 22.8. The molecule has 2 aliphatic rings. The van der Waals surface area contributed by atoms with Crippen LogP contribution in [0.5, 0.6) is 5.75 Å². The number of carbonyl (C=O) groups is 3. The molecule has 2 aliphatic heterocycles. The Hall–Kier alpha value is -3.38. The molecule has 1 N–H and O–H groups in total. The summed E-state index contributed by atoms with van der Waals surface area (Å²) in [4.78, 5) is 47.4. The smallest absolute Gasteiger partial charge is 0.257 e. The summed E-state index contributed by atoms with van der Waals surface area (Å²) in [7, 11) is 3.40. The maximum atomic E-state index is 13.6. The molecule has 39 heavy (non-hydrogen) atoms. The van der Waals surface area contributed by atoms with Crippen LogP contribution in [0, 0.1) is 12.8 Å². The summed E-state index contributed by atoms with van der Waals surface area (Å²) in [5, 5.41) is 9.36. The Balaban J connectivity index is 1.49. The van der Waals surface area contributed by atoms with Crippen LogP contribution in [0.2, 0.25) is 0 Å². The van der Waals surface area contributed by atoms with Gasteiger partial charge in [0.2, 0.25) is 11.8 Å². The van der Waals surface area contributed by atoms with Crippen LogP contribution in [0.3, 0.4) is 0 Å².